The third-order valence-corrected chi connectivity index (χ3v) is 2.52. The molecule has 0 unspecified atom stereocenters. The molecule has 1 heterocycles. The molecule has 1 aromatic heterocycles. The molecule has 0 spiro atoms. The van der Waals surface area contributed by atoms with Gasteiger partial charge in [-0.05, 0) is 11.6 Å². The summed E-state index contributed by atoms with van der Waals surface area (Å²) < 4.78 is 41.7. The second-order valence-corrected chi connectivity index (χ2v) is 3.86. The molecule has 1 aromatic rings. The van der Waals surface area contributed by atoms with E-state index in [0.717, 1.165) is 13.2 Å². The van der Waals surface area contributed by atoms with Crippen LogP contribution in [-0.2, 0) is 22.1 Å². The van der Waals surface area contributed by atoms with E-state index >= 15 is 0 Å². The monoisotopic (exact) mass is 282 g/mol. The van der Waals surface area contributed by atoms with Crippen LogP contribution < -0.4 is 5.73 Å². The Kier molecular flexibility index (Phi) is 4.53. The van der Waals surface area contributed by atoms with Crippen LogP contribution in [-0.4, -0.2) is 24.1 Å². The Morgan fingerprint density at radius 1 is 1.61 bits per heavy atom. The molecule has 0 amide bonds. The van der Waals surface area contributed by atoms with Gasteiger partial charge in [0.2, 0.25) is 0 Å². The first-order valence-corrected chi connectivity index (χ1v) is 5.18. The molecular weight excluding hydrogens is 273 g/mol. The number of hydrogen-bond donors (Lipinski definition) is 1. The number of aromatic nitrogens is 1. The number of halogens is 4. The number of esters is 1. The highest BCUT2D eigenvalue weighted by Crippen LogP contribution is 2.30. The lowest BCUT2D eigenvalue weighted by Gasteiger charge is -2.12. The van der Waals surface area contributed by atoms with E-state index < -0.39 is 23.8 Å². The highest BCUT2D eigenvalue weighted by Gasteiger charge is 2.32. The van der Waals surface area contributed by atoms with Crippen molar-refractivity contribution >= 4 is 17.6 Å². The lowest BCUT2D eigenvalue weighted by atomic mass is 10.1. The van der Waals surface area contributed by atoms with Crippen molar-refractivity contribution in [2.24, 2.45) is 5.73 Å². The summed E-state index contributed by atoms with van der Waals surface area (Å²) in [6.07, 6.45) is -4.08. The summed E-state index contributed by atoms with van der Waals surface area (Å²) in [7, 11) is 1.13. The molecule has 2 N–H and O–H groups in total. The Balaban J connectivity index is 2.98. The van der Waals surface area contributed by atoms with Crippen LogP contribution in [0.3, 0.4) is 0 Å². The Labute approximate surface area is 106 Å². The van der Waals surface area contributed by atoms with Gasteiger partial charge in [-0.2, -0.15) is 13.2 Å². The van der Waals surface area contributed by atoms with Gasteiger partial charge in [0.05, 0.1) is 12.7 Å². The fourth-order valence-corrected chi connectivity index (χ4v) is 1.44. The topological polar surface area (TPSA) is 65.2 Å². The van der Waals surface area contributed by atoms with Gasteiger partial charge in [0.1, 0.15) is 11.2 Å². The number of carbonyl (C=O) groups excluding carboxylic acids is 1. The van der Waals surface area contributed by atoms with Crippen LogP contribution in [0.1, 0.15) is 11.1 Å². The van der Waals surface area contributed by atoms with E-state index in [1.807, 2.05) is 0 Å². The van der Waals surface area contributed by atoms with E-state index in [0.29, 0.717) is 6.20 Å². The second-order valence-electron chi connectivity index (χ2n) is 3.51. The Bertz CT molecular complexity index is 451. The molecule has 0 aliphatic rings. The average Bonchev–Trinajstić information content (AvgIpc) is 2.29. The summed E-state index contributed by atoms with van der Waals surface area (Å²) in [4.78, 5) is 14.5. The van der Waals surface area contributed by atoms with Gasteiger partial charge in [0.15, 0.2) is 0 Å². The Morgan fingerprint density at radius 2 is 2.22 bits per heavy atom. The highest BCUT2D eigenvalue weighted by molar-refractivity contribution is 6.30. The van der Waals surface area contributed by atoms with Crippen LogP contribution in [0.5, 0.6) is 0 Å². The van der Waals surface area contributed by atoms with Crippen molar-refractivity contribution in [3.8, 4) is 0 Å². The quantitative estimate of drug-likeness (QED) is 0.678. The van der Waals surface area contributed by atoms with E-state index in [1.165, 1.54) is 0 Å². The number of hydrogen-bond acceptors (Lipinski definition) is 4. The van der Waals surface area contributed by atoms with Crippen LogP contribution >= 0.6 is 11.6 Å². The number of alkyl halides is 3. The minimum absolute atomic E-state index is 0.0457. The molecule has 4 nitrogen and oxygen atoms in total. The molecule has 0 saturated heterocycles. The van der Waals surface area contributed by atoms with Crippen LogP contribution in [0.2, 0.25) is 5.15 Å². The molecule has 8 heteroatoms. The maximum Gasteiger partial charge on any atom is 0.417 e. The largest absolute Gasteiger partial charge is 0.468 e. The van der Waals surface area contributed by atoms with Gasteiger partial charge in [0.25, 0.3) is 0 Å². The Hall–Kier alpha value is -1.34. The molecule has 0 radical (unpaired) electrons. The van der Waals surface area contributed by atoms with Crippen molar-refractivity contribution in [2.45, 2.75) is 18.6 Å². The third-order valence-electron chi connectivity index (χ3n) is 2.18. The SMILES string of the molecule is COC(=O)[C@@H](N)Cc1cc(C(F)(F)F)cnc1Cl. The summed E-state index contributed by atoms with van der Waals surface area (Å²) in [5.74, 6) is -0.733. The summed E-state index contributed by atoms with van der Waals surface area (Å²) >= 11 is 5.65. The van der Waals surface area contributed by atoms with Crippen LogP contribution in [0.4, 0.5) is 13.2 Å². The lowest BCUT2D eigenvalue weighted by molar-refractivity contribution is -0.142. The van der Waals surface area contributed by atoms with Crippen LogP contribution in [0.25, 0.3) is 0 Å². The van der Waals surface area contributed by atoms with E-state index in [4.69, 9.17) is 17.3 Å². The van der Waals surface area contributed by atoms with Gasteiger partial charge >= 0.3 is 12.1 Å². The van der Waals surface area contributed by atoms with Crippen molar-refractivity contribution in [1.29, 1.82) is 0 Å². The molecule has 18 heavy (non-hydrogen) atoms. The smallest absolute Gasteiger partial charge is 0.417 e. The molecule has 1 atom stereocenters. The zero-order valence-corrected chi connectivity index (χ0v) is 10.0. The molecule has 0 aliphatic heterocycles. The van der Waals surface area contributed by atoms with Gasteiger partial charge in [-0.25, -0.2) is 4.98 Å². The van der Waals surface area contributed by atoms with E-state index in [2.05, 4.69) is 9.72 Å². The van der Waals surface area contributed by atoms with Crippen molar-refractivity contribution in [3.63, 3.8) is 0 Å². The second kappa shape index (κ2) is 5.53. The predicted octanol–water partition coefficient (Wildman–Crippen LogP) is 1.80. The van der Waals surface area contributed by atoms with Gasteiger partial charge < -0.3 is 10.5 Å². The van der Waals surface area contributed by atoms with Gasteiger partial charge in [-0.15, -0.1) is 0 Å². The summed E-state index contributed by atoms with van der Waals surface area (Å²) in [5, 5.41) is -0.123. The van der Waals surface area contributed by atoms with Gasteiger partial charge in [-0.3, -0.25) is 4.79 Å². The van der Waals surface area contributed by atoms with Gasteiger partial charge in [-0.1, -0.05) is 11.6 Å². The van der Waals surface area contributed by atoms with Crippen molar-refractivity contribution in [2.75, 3.05) is 7.11 Å². The van der Waals surface area contributed by atoms with Crippen molar-refractivity contribution in [1.82, 2.24) is 4.98 Å². The Morgan fingerprint density at radius 3 is 2.72 bits per heavy atom. The molecular formula is C10H10ClF3N2O2. The molecule has 0 fully saturated rings. The van der Waals surface area contributed by atoms with Crippen molar-refractivity contribution in [3.05, 3.63) is 28.5 Å². The van der Waals surface area contributed by atoms with E-state index in [-0.39, 0.29) is 17.1 Å². The summed E-state index contributed by atoms with van der Waals surface area (Å²) in [5.41, 5.74) is 4.55. The molecule has 0 aliphatic carbocycles. The van der Waals surface area contributed by atoms with Gasteiger partial charge in [0, 0.05) is 12.6 Å². The fourth-order valence-electron chi connectivity index (χ4n) is 1.26. The van der Waals surface area contributed by atoms with E-state index in [1.54, 1.807) is 0 Å². The molecule has 0 saturated carbocycles. The number of nitrogens with zero attached hydrogens (tertiary/aromatic N) is 1. The van der Waals surface area contributed by atoms with E-state index in [9.17, 15) is 18.0 Å². The number of rotatable bonds is 3. The molecule has 100 valence electrons. The zero-order chi connectivity index (χ0) is 13.9. The fraction of sp³-hybridized carbons (Fsp3) is 0.400. The number of nitrogens with two attached hydrogens (primary N) is 1. The first-order chi connectivity index (χ1) is 8.25. The zero-order valence-electron chi connectivity index (χ0n) is 9.29. The maximum atomic E-state index is 12.5. The number of carbonyl (C=O) groups is 1. The predicted molar refractivity (Wildman–Crippen MR) is 57.9 cm³/mol. The minimum Gasteiger partial charge on any atom is -0.468 e. The van der Waals surface area contributed by atoms with Crippen molar-refractivity contribution < 1.29 is 22.7 Å². The first-order valence-electron chi connectivity index (χ1n) is 4.80. The standard InChI is InChI=1S/C10H10ClF3N2O2/c1-18-9(17)7(15)3-5-2-6(10(12,13)14)4-16-8(5)11/h2,4,7H,3,15H2,1H3/t7-/m0/s1. The molecule has 0 aromatic carbocycles. The number of pyridine rings is 1. The first kappa shape index (κ1) is 14.7. The van der Waals surface area contributed by atoms with Crippen LogP contribution in [0.15, 0.2) is 12.3 Å². The molecule has 1 rings (SSSR count). The lowest BCUT2D eigenvalue weighted by Crippen LogP contribution is -2.33. The number of ether oxygens (including phenoxy) is 1. The normalized spacial score (nSPS) is 13.2. The maximum absolute atomic E-state index is 12.5. The summed E-state index contributed by atoms with van der Waals surface area (Å²) in [6, 6.07) is -0.268. The molecule has 0 bridgehead atoms. The summed E-state index contributed by atoms with van der Waals surface area (Å²) in [6.45, 7) is 0. The highest BCUT2D eigenvalue weighted by atomic mass is 35.5. The number of methoxy groups -OCH3 is 1. The third kappa shape index (κ3) is 3.58. The average molecular weight is 283 g/mol. The minimum atomic E-state index is -4.53. The van der Waals surface area contributed by atoms with Crippen LogP contribution in [0, 0.1) is 0 Å².